The number of benzene rings is 3. The van der Waals surface area contributed by atoms with Crippen molar-refractivity contribution in [3.63, 3.8) is 0 Å². The molecule has 0 saturated carbocycles. The topological polar surface area (TPSA) is 36.3 Å². The van der Waals surface area contributed by atoms with Crippen LogP contribution in [0.4, 0.5) is 5.69 Å². The molecule has 0 amide bonds. The van der Waals surface area contributed by atoms with Gasteiger partial charge in [0.2, 0.25) is 0 Å². The largest absolute Gasteiger partial charge is 0.495 e. The molecule has 0 aliphatic carbocycles. The standard InChI is InChI=1S/C25H23ClN2O/c1-29-25-21(18-10-12-20(26)13-11-18)16-23(28-14-6-3-7-15-28)22(17-27)24(25)19-8-4-2-5-9-19/h2,4-5,8-13,16H,3,6-7,14-15H2,1H3. The average molecular weight is 403 g/mol. The molecule has 0 aromatic heterocycles. The van der Waals surface area contributed by atoms with E-state index in [9.17, 15) is 5.26 Å². The fourth-order valence-electron chi connectivity index (χ4n) is 4.08. The van der Waals surface area contributed by atoms with Crippen molar-refractivity contribution in [3.05, 3.63) is 71.2 Å². The summed E-state index contributed by atoms with van der Waals surface area (Å²) in [5.41, 5.74) is 5.48. The molecule has 1 fully saturated rings. The van der Waals surface area contributed by atoms with E-state index in [0.29, 0.717) is 10.6 Å². The van der Waals surface area contributed by atoms with Gasteiger partial charge < -0.3 is 9.64 Å². The second-order valence-electron chi connectivity index (χ2n) is 7.26. The number of nitrogens with zero attached hydrogens (tertiary/aromatic N) is 2. The van der Waals surface area contributed by atoms with Gasteiger partial charge in [0.05, 0.1) is 18.4 Å². The Kier molecular flexibility index (Phi) is 5.74. The van der Waals surface area contributed by atoms with E-state index in [0.717, 1.165) is 59.6 Å². The van der Waals surface area contributed by atoms with E-state index in [2.05, 4.69) is 17.0 Å². The number of hydrogen-bond acceptors (Lipinski definition) is 3. The van der Waals surface area contributed by atoms with Crippen molar-refractivity contribution in [2.24, 2.45) is 0 Å². The van der Waals surface area contributed by atoms with Crippen molar-refractivity contribution in [2.75, 3.05) is 25.1 Å². The van der Waals surface area contributed by atoms with Gasteiger partial charge in [0, 0.05) is 29.2 Å². The lowest BCUT2D eigenvalue weighted by atomic mass is 9.91. The lowest BCUT2D eigenvalue weighted by molar-refractivity contribution is 0.418. The number of methoxy groups -OCH3 is 1. The summed E-state index contributed by atoms with van der Waals surface area (Å²) in [7, 11) is 1.67. The molecule has 0 atom stereocenters. The van der Waals surface area contributed by atoms with Gasteiger partial charge in [0.25, 0.3) is 0 Å². The van der Waals surface area contributed by atoms with Gasteiger partial charge in [0.1, 0.15) is 11.8 Å². The lowest BCUT2D eigenvalue weighted by Gasteiger charge is -2.31. The number of rotatable bonds is 4. The molecule has 0 bridgehead atoms. The molecule has 3 nitrogen and oxygen atoms in total. The van der Waals surface area contributed by atoms with Crippen LogP contribution in [0.15, 0.2) is 60.7 Å². The minimum atomic E-state index is 0.674. The van der Waals surface area contributed by atoms with Crippen molar-refractivity contribution in [1.82, 2.24) is 0 Å². The number of hydrogen-bond donors (Lipinski definition) is 0. The highest BCUT2D eigenvalue weighted by atomic mass is 35.5. The van der Waals surface area contributed by atoms with Crippen LogP contribution in [0.25, 0.3) is 22.3 Å². The molecule has 0 N–H and O–H groups in total. The maximum Gasteiger partial charge on any atom is 0.135 e. The zero-order valence-corrected chi connectivity index (χ0v) is 17.2. The van der Waals surface area contributed by atoms with E-state index in [1.165, 1.54) is 6.42 Å². The van der Waals surface area contributed by atoms with Crippen LogP contribution >= 0.6 is 11.6 Å². The molecule has 1 aliphatic heterocycles. The van der Waals surface area contributed by atoms with E-state index in [1.807, 2.05) is 54.6 Å². The van der Waals surface area contributed by atoms with Crippen LogP contribution in [0.2, 0.25) is 5.02 Å². The fraction of sp³-hybridized carbons (Fsp3) is 0.240. The maximum absolute atomic E-state index is 10.2. The van der Waals surface area contributed by atoms with Gasteiger partial charge in [-0.1, -0.05) is 54.1 Å². The zero-order chi connectivity index (χ0) is 20.2. The molecule has 3 aromatic rings. The van der Waals surface area contributed by atoms with Crippen LogP contribution in [0.3, 0.4) is 0 Å². The van der Waals surface area contributed by atoms with Gasteiger partial charge in [-0.15, -0.1) is 0 Å². The van der Waals surface area contributed by atoms with Crippen LogP contribution in [0, 0.1) is 11.3 Å². The third-order valence-corrected chi connectivity index (χ3v) is 5.74. The molecule has 29 heavy (non-hydrogen) atoms. The van der Waals surface area contributed by atoms with Gasteiger partial charge in [-0.2, -0.15) is 5.26 Å². The predicted molar refractivity (Wildman–Crippen MR) is 120 cm³/mol. The van der Waals surface area contributed by atoms with E-state index >= 15 is 0 Å². The molecule has 146 valence electrons. The van der Waals surface area contributed by atoms with Crippen LogP contribution < -0.4 is 9.64 Å². The number of nitriles is 1. The highest BCUT2D eigenvalue weighted by molar-refractivity contribution is 6.30. The lowest BCUT2D eigenvalue weighted by Crippen LogP contribution is -2.30. The summed E-state index contributed by atoms with van der Waals surface area (Å²) < 4.78 is 5.90. The number of halogens is 1. The van der Waals surface area contributed by atoms with Gasteiger partial charge in [0.15, 0.2) is 0 Å². The van der Waals surface area contributed by atoms with Crippen molar-refractivity contribution in [2.45, 2.75) is 19.3 Å². The highest BCUT2D eigenvalue weighted by Gasteiger charge is 2.24. The van der Waals surface area contributed by atoms with Crippen LogP contribution in [0.1, 0.15) is 24.8 Å². The minimum Gasteiger partial charge on any atom is -0.495 e. The summed E-state index contributed by atoms with van der Waals surface area (Å²) in [5.74, 6) is 0.718. The van der Waals surface area contributed by atoms with Crippen molar-refractivity contribution < 1.29 is 4.74 Å². The van der Waals surface area contributed by atoms with Gasteiger partial charge in [-0.25, -0.2) is 0 Å². The Labute approximate surface area is 177 Å². The molecule has 1 heterocycles. The number of anilines is 1. The highest BCUT2D eigenvalue weighted by Crippen LogP contribution is 2.46. The fourth-order valence-corrected chi connectivity index (χ4v) is 4.21. The number of piperidine rings is 1. The normalized spacial score (nSPS) is 13.8. The first-order chi connectivity index (χ1) is 14.2. The quantitative estimate of drug-likeness (QED) is 0.496. The molecule has 0 spiro atoms. The Morgan fingerprint density at radius 2 is 1.62 bits per heavy atom. The smallest absolute Gasteiger partial charge is 0.135 e. The summed E-state index contributed by atoms with van der Waals surface area (Å²) in [4.78, 5) is 2.34. The Bertz CT molecular complexity index is 1030. The van der Waals surface area contributed by atoms with Crippen LogP contribution in [-0.2, 0) is 0 Å². The first-order valence-corrected chi connectivity index (χ1v) is 10.3. The summed E-state index contributed by atoms with van der Waals surface area (Å²) >= 11 is 6.12. The molecule has 4 rings (SSSR count). The Morgan fingerprint density at radius 3 is 2.24 bits per heavy atom. The maximum atomic E-state index is 10.2. The van der Waals surface area contributed by atoms with Gasteiger partial charge in [-0.3, -0.25) is 0 Å². The average Bonchev–Trinajstić information content (AvgIpc) is 2.79. The molecule has 3 aromatic carbocycles. The molecular weight excluding hydrogens is 380 g/mol. The molecule has 1 saturated heterocycles. The van der Waals surface area contributed by atoms with Crippen molar-refractivity contribution in [1.29, 1.82) is 5.26 Å². The van der Waals surface area contributed by atoms with Crippen molar-refractivity contribution >= 4 is 17.3 Å². The van der Waals surface area contributed by atoms with Gasteiger partial charge in [-0.05, 0) is 48.6 Å². The zero-order valence-electron chi connectivity index (χ0n) is 16.5. The third kappa shape index (κ3) is 3.81. The Morgan fingerprint density at radius 1 is 0.931 bits per heavy atom. The third-order valence-electron chi connectivity index (χ3n) is 5.49. The minimum absolute atomic E-state index is 0.674. The van der Waals surface area contributed by atoms with Crippen LogP contribution in [0.5, 0.6) is 5.75 Å². The van der Waals surface area contributed by atoms with E-state index in [4.69, 9.17) is 16.3 Å². The first-order valence-electron chi connectivity index (χ1n) is 9.94. The van der Waals surface area contributed by atoms with Crippen molar-refractivity contribution in [3.8, 4) is 34.1 Å². The monoisotopic (exact) mass is 402 g/mol. The molecule has 0 unspecified atom stereocenters. The predicted octanol–water partition coefficient (Wildman–Crippen LogP) is 6.54. The van der Waals surface area contributed by atoms with Gasteiger partial charge >= 0.3 is 0 Å². The SMILES string of the molecule is COc1c(-c2ccc(Cl)cc2)cc(N2CCCCC2)c(C#N)c1-c1ccccc1. The van der Waals surface area contributed by atoms with E-state index in [1.54, 1.807) is 7.11 Å². The summed E-state index contributed by atoms with van der Waals surface area (Å²) in [6, 6.07) is 22.4. The molecule has 1 aliphatic rings. The molecule has 0 radical (unpaired) electrons. The Hall–Kier alpha value is -2.96. The second kappa shape index (κ2) is 8.59. The molecular formula is C25H23ClN2O. The second-order valence-corrected chi connectivity index (χ2v) is 7.70. The summed E-state index contributed by atoms with van der Waals surface area (Å²) in [6.07, 6.45) is 3.53. The number of ether oxygens (including phenoxy) is 1. The first kappa shape index (κ1) is 19.4. The van der Waals surface area contributed by atoms with E-state index in [-0.39, 0.29) is 0 Å². The Balaban J connectivity index is 2.02. The van der Waals surface area contributed by atoms with E-state index < -0.39 is 0 Å². The molecule has 4 heteroatoms. The summed E-state index contributed by atoms with van der Waals surface area (Å²) in [6.45, 7) is 1.94. The summed E-state index contributed by atoms with van der Waals surface area (Å²) in [5, 5.41) is 10.9. The van der Waals surface area contributed by atoms with Crippen LogP contribution in [-0.4, -0.2) is 20.2 Å².